The summed E-state index contributed by atoms with van der Waals surface area (Å²) in [4.78, 5) is 1.72. The SMILES string of the molecule is FC(F)C(F)CN1CCCc2ccccc21. The van der Waals surface area contributed by atoms with Gasteiger partial charge in [-0.3, -0.25) is 0 Å². The molecule has 1 nitrogen and oxygen atoms in total. The van der Waals surface area contributed by atoms with Crippen LogP contribution in [0.1, 0.15) is 12.0 Å². The van der Waals surface area contributed by atoms with E-state index in [2.05, 4.69) is 0 Å². The van der Waals surface area contributed by atoms with Crippen molar-refractivity contribution in [1.29, 1.82) is 0 Å². The highest BCUT2D eigenvalue weighted by molar-refractivity contribution is 5.55. The van der Waals surface area contributed by atoms with E-state index in [0.717, 1.165) is 24.1 Å². The number of hydrogen-bond donors (Lipinski definition) is 0. The van der Waals surface area contributed by atoms with Crippen molar-refractivity contribution in [2.45, 2.75) is 25.4 Å². The Hall–Kier alpha value is -1.19. The second kappa shape index (κ2) is 4.76. The summed E-state index contributed by atoms with van der Waals surface area (Å²) < 4.78 is 37.3. The highest BCUT2D eigenvalue weighted by Gasteiger charge is 2.25. The van der Waals surface area contributed by atoms with Gasteiger partial charge in [0.05, 0.1) is 6.54 Å². The lowest BCUT2D eigenvalue weighted by Crippen LogP contribution is -2.37. The summed E-state index contributed by atoms with van der Waals surface area (Å²) in [7, 11) is 0. The first-order valence-corrected chi connectivity index (χ1v) is 5.43. The summed E-state index contributed by atoms with van der Waals surface area (Å²) >= 11 is 0. The van der Waals surface area contributed by atoms with E-state index in [4.69, 9.17) is 0 Å². The minimum atomic E-state index is -2.89. The molecule has 0 radical (unpaired) electrons. The molecule has 88 valence electrons. The molecule has 0 bridgehead atoms. The van der Waals surface area contributed by atoms with Crippen LogP contribution < -0.4 is 4.90 Å². The van der Waals surface area contributed by atoms with Gasteiger partial charge in [-0.05, 0) is 24.5 Å². The fourth-order valence-corrected chi connectivity index (χ4v) is 2.09. The number of anilines is 1. The van der Waals surface area contributed by atoms with E-state index in [1.54, 1.807) is 4.90 Å². The largest absolute Gasteiger partial charge is 0.368 e. The van der Waals surface area contributed by atoms with Crippen LogP contribution >= 0.6 is 0 Å². The third-order valence-corrected chi connectivity index (χ3v) is 2.87. The summed E-state index contributed by atoms with van der Waals surface area (Å²) in [6, 6.07) is 7.61. The molecule has 1 heterocycles. The molecule has 0 fully saturated rings. The number of halogens is 3. The highest BCUT2D eigenvalue weighted by Crippen LogP contribution is 2.27. The zero-order chi connectivity index (χ0) is 11.5. The van der Waals surface area contributed by atoms with E-state index in [0.29, 0.717) is 6.54 Å². The van der Waals surface area contributed by atoms with Crippen LogP contribution in [0.2, 0.25) is 0 Å². The maximum atomic E-state index is 13.0. The number of nitrogens with zero attached hydrogens (tertiary/aromatic N) is 1. The summed E-state index contributed by atoms with van der Waals surface area (Å²) in [5.74, 6) is 0. The minimum Gasteiger partial charge on any atom is -0.368 e. The van der Waals surface area contributed by atoms with E-state index >= 15 is 0 Å². The molecule has 1 aromatic carbocycles. The van der Waals surface area contributed by atoms with Crippen molar-refractivity contribution < 1.29 is 13.2 Å². The van der Waals surface area contributed by atoms with Crippen LogP contribution in [0.3, 0.4) is 0 Å². The minimum absolute atomic E-state index is 0.214. The molecular formula is C12H14F3N. The van der Waals surface area contributed by atoms with Gasteiger partial charge in [0, 0.05) is 12.2 Å². The van der Waals surface area contributed by atoms with Crippen molar-refractivity contribution in [3.63, 3.8) is 0 Å². The van der Waals surface area contributed by atoms with Crippen LogP contribution in [-0.2, 0) is 6.42 Å². The summed E-state index contributed by atoms with van der Waals surface area (Å²) in [5.41, 5.74) is 2.02. The van der Waals surface area contributed by atoms with Crippen LogP contribution in [0.15, 0.2) is 24.3 Å². The maximum Gasteiger partial charge on any atom is 0.271 e. The number of alkyl halides is 3. The first kappa shape index (κ1) is 11.3. The third-order valence-electron chi connectivity index (χ3n) is 2.87. The first-order valence-electron chi connectivity index (χ1n) is 5.43. The first-order chi connectivity index (χ1) is 7.68. The Kier molecular flexibility index (Phi) is 3.36. The fourth-order valence-electron chi connectivity index (χ4n) is 2.09. The number of para-hydroxylation sites is 1. The molecule has 0 amide bonds. The third kappa shape index (κ3) is 2.31. The lowest BCUT2D eigenvalue weighted by Gasteiger charge is -2.32. The molecule has 0 spiro atoms. The molecular weight excluding hydrogens is 215 g/mol. The Morgan fingerprint density at radius 3 is 2.69 bits per heavy atom. The van der Waals surface area contributed by atoms with Crippen LogP contribution in [-0.4, -0.2) is 25.7 Å². The van der Waals surface area contributed by atoms with Crippen LogP contribution in [0.25, 0.3) is 0 Å². The maximum absolute atomic E-state index is 13.0. The molecule has 0 saturated carbocycles. The Labute approximate surface area is 92.9 Å². The predicted molar refractivity (Wildman–Crippen MR) is 57.9 cm³/mol. The number of rotatable bonds is 3. The number of aryl methyl sites for hydroxylation is 1. The standard InChI is InChI=1S/C12H14F3N/c13-10(12(14)15)8-16-7-3-5-9-4-1-2-6-11(9)16/h1-2,4,6,10,12H,3,5,7-8H2. The number of benzene rings is 1. The van der Waals surface area contributed by atoms with Crippen molar-refractivity contribution in [3.05, 3.63) is 29.8 Å². The van der Waals surface area contributed by atoms with Gasteiger partial charge in [-0.25, -0.2) is 13.2 Å². The Bertz CT molecular complexity index is 354. The molecule has 16 heavy (non-hydrogen) atoms. The van der Waals surface area contributed by atoms with Crippen molar-refractivity contribution in [3.8, 4) is 0 Å². The van der Waals surface area contributed by atoms with Gasteiger partial charge in [0.2, 0.25) is 0 Å². The van der Waals surface area contributed by atoms with E-state index in [-0.39, 0.29) is 6.54 Å². The van der Waals surface area contributed by atoms with Crippen molar-refractivity contribution in [1.82, 2.24) is 0 Å². The molecule has 0 saturated heterocycles. The summed E-state index contributed by atoms with van der Waals surface area (Å²) in [6.07, 6.45) is -3.12. The van der Waals surface area contributed by atoms with Crippen LogP contribution in [0.4, 0.5) is 18.9 Å². The van der Waals surface area contributed by atoms with Gasteiger partial charge in [-0.2, -0.15) is 0 Å². The van der Waals surface area contributed by atoms with Crippen LogP contribution in [0, 0.1) is 0 Å². The molecule has 1 aliphatic rings. The second-order valence-electron chi connectivity index (χ2n) is 4.03. The van der Waals surface area contributed by atoms with Gasteiger partial charge in [-0.15, -0.1) is 0 Å². The average molecular weight is 229 g/mol. The lowest BCUT2D eigenvalue weighted by molar-refractivity contribution is 0.0536. The summed E-state index contributed by atoms with van der Waals surface area (Å²) in [5, 5.41) is 0. The zero-order valence-electron chi connectivity index (χ0n) is 8.87. The van der Waals surface area contributed by atoms with Crippen molar-refractivity contribution >= 4 is 5.69 Å². The van der Waals surface area contributed by atoms with Gasteiger partial charge < -0.3 is 4.90 Å². The van der Waals surface area contributed by atoms with E-state index < -0.39 is 12.6 Å². The van der Waals surface area contributed by atoms with Crippen LogP contribution in [0.5, 0.6) is 0 Å². The Balaban J connectivity index is 2.13. The molecule has 2 rings (SSSR count). The van der Waals surface area contributed by atoms with E-state index in [1.165, 1.54) is 0 Å². The molecule has 0 aromatic heterocycles. The predicted octanol–water partition coefficient (Wildman–Crippen LogP) is 3.04. The van der Waals surface area contributed by atoms with Gasteiger partial charge in [-0.1, -0.05) is 18.2 Å². The van der Waals surface area contributed by atoms with Crippen molar-refractivity contribution in [2.24, 2.45) is 0 Å². The molecule has 1 aromatic rings. The molecule has 1 atom stereocenters. The average Bonchev–Trinajstić information content (AvgIpc) is 2.29. The van der Waals surface area contributed by atoms with Gasteiger partial charge in [0.1, 0.15) is 0 Å². The molecule has 4 heteroatoms. The normalized spacial score (nSPS) is 17.4. The van der Waals surface area contributed by atoms with Gasteiger partial charge >= 0.3 is 0 Å². The molecule has 0 N–H and O–H groups in total. The Morgan fingerprint density at radius 1 is 1.19 bits per heavy atom. The molecule has 1 unspecified atom stereocenters. The van der Waals surface area contributed by atoms with Gasteiger partial charge in [0.15, 0.2) is 6.17 Å². The fraction of sp³-hybridized carbons (Fsp3) is 0.500. The molecule has 1 aliphatic heterocycles. The number of hydrogen-bond acceptors (Lipinski definition) is 1. The monoisotopic (exact) mass is 229 g/mol. The zero-order valence-corrected chi connectivity index (χ0v) is 8.87. The summed E-state index contributed by atoms with van der Waals surface area (Å²) in [6.45, 7) is 0.443. The second-order valence-corrected chi connectivity index (χ2v) is 4.03. The molecule has 0 aliphatic carbocycles. The highest BCUT2D eigenvalue weighted by atomic mass is 19.3. The number of fused-ring (bicyclic) bond motifs is 1. The Morgan fingerprint density at radius 2 is 1.94 bits per heavy atom. The lowest BCUT2D eigenvalue weighted by atomic mass is 10.0. The van der Waals surface area contributed by atoms with E-state index in [1.807, 2.05) is 24.3 Å². The smallest absolute Gasteiger partial charge is 0.271 e. The topological polar surface area (TPSA) is 3.24 Å². The van der Waals surface area contributed by atoms with E-state index in [9.17, 15) is 13.2 Å². The van der Waals surface area contributed by atoms with Crippen molar-refractivity contribution in [2.75, 3.05) is 18.0 Å². The quantitative estimate of drug-likeness (QED) is 0.770. The van der Waals surface area contributed by atoms with Gasteiger partial charge in [0.25, 0.3) is 6.43 Å².